The Kier molecular flexibility index (Phi) is 3.88. The van der Waals surface area contributed by atoms with Gasteiger partial charge in [0, 0.05) is 18.2 Å². The summed E-state index contributed by atoms with van der Waals surface area (Å²) in [6.07, 6.45) is 3.40. The molecule has 0 N–H and O–H groups in total. The van der Waals surface area contributed by atoms with E-state index in [4.69, 9.17) is 0 Å². The molecule has 1 heterocycles. The van der Waals surface area contributed by atoms with Gasteiger partial charge in [0.05, 0.1) is 6.04 Å². The molecule has 0 saturated heterocycles. The minimum absolute atomic E-state index is 0.0442. The number of carbonyl (C=O) groups excluding carboxylic acids is 2. The van der Waals surface area contributed by atoms with Crippen molar-refractivity contribution in [3.63, 3.8) is 0 Å². The van der Waals surface area contributed by atoms with Crippen LogP contribution in [0.1, 0.15) is 33.9 Å². The molecule has 1 amide bonds. The van der Waals surface area contributed by atoms with Crippen molar-refractivity contribution in [2.45, 2.75) is 19.4 Å². The van der Waals surface area contributed by atoms with Gasteiger partial charge in [-0.25, -0.2) is 0 Å². The Morgan fingerprint density at radius 2 is 1.73 bits per heavy atom. The van der Waals surface area contributed by atoms with Gasteiger partial charge in [0.2, 0.25) is 0 Å². The van der Waals surface area contributed by atoms with Gasteiger partial charge in [-0.05, 0) is 30.7 Å². The maximum absolute atomic E-state index is 12.7. The first-order valence-corrected chi connectivity index (χ1v) is 7.30. The fourth-order valence-corrected chi connectivity index (χ4v) is 2.63. The molecule has 0 fully saturated rings. The van der Waals surface area contributed by atoms with E-state index in [1.54, 1.807) is 23.2 Å². The average Bonchev–Trinajstić information content (AvgIpc) is 2.56. The van der Waals surface area contributed by atoms with E-state index in [0.29, 0.717) is 12.0 Å². The number of hydrogen-bond donors (Lipinski definition) is 0. The summed E-state index contributed by atoms with van der Waals surface area (Å²) in [6.45, 7) is 2.02. The molecule has 0 saturated carbocycles. The van der Waals surface area contributed by atoms with Crippen LogP contribution in [0.15, 0.2) is 66.9 Å². The molecule has 1 aliphatic heterocycles. The van der Waals surface area contributed by atoms with Gasteiger partial charge < -0.3 is 4.90 Å². The lowest BCUT2D eigenvalue weighted by atomic mass is 9.96. The van der Waals surface area contributed by atoms with Crippen LogP contribution in [0.25, 0.3) is 0 Å². The fraction of sp³-hybridized carbons (Fsp3) is 0.158. The molecule has 3 heteroatoms. The summed E-state index contributed by atoms with van der Waals surface area (Å²) in [7, 11) is 0. The second-order valence-electron chi connectivity index (χ2n) is 5.49. The SMILES string of the molecule is Cc1ccc(C2CC(=O)C=CN2C(=O)c2ccccc2)cc1. The number of hydrogen-bond acceptors (Lipinski definition) is 2. The molecule has 0 bridgehead atoms. The predicted octanol–water partition coefficient (Wildman–Crippen LogP) is 3.67. The van der Waals surface area contributed by atoms with Crippen molar-refractivity contribution in [2.75, 3.05) is 0 Å². The number of aryl methyl sites for hydroxylation is 1. The highest BCUT2D eigenvalue weighted by Crippen LogP contribution is 2.30. The third-order valence-corrected chi connectivity index (χ3v) is 3.87. The van der Waals surface area contributed by atoms with Gasteiger partial charge >= 0.3 is 0 Å². The average molecular weight is 291 g/mol. The van der Waals surface area contributed by atoms with E-state index in [0.717, 1.165) is 11.1 Å². The molecule has 0 aromatic heterocycles. The van der Waals surface area contributed by atoms with E-state index in [1.165, 1.54) is 6.08 Å². The van der Waals surface area contributed by atoms with Crippen LogP contribution >= 0.6 is 0 Å². The smallest absolute Gasteiger partial charge is 0.258 e. The zero-order valence-corrected chi connectivity index (χ0v) is 12.4. The van der Waals surface area contributed by atoms with Gasteiger partial charge in [0.1, 0.15) is 0 Å². The largest absolute Gasteiger partial charge is 0.307 e. The molecular weight excluding hydrogens is 274 g/mol. The zero-order valence-electron chi connectivity index (χ0n) is 12.4. The van der Waals surface area contributed by atoms with Crippen molar-refractivity contribution in [1.29, 1.82) is 0 Å². The Hall–Kier alpha value is -2.68. The number of allylic oxidation sites excluding steroid dienone is 1. The lowest BCUT2D eigenvalue weighted by Gasteiger charge is -2.31. The molecule has 2 aromatic rings. The van der Waals surface area contributed by atoms with Crippen LogP contribution in [0.4, 0.5) is 0 Å². The molecule has 0 radical (unpaired) electrons. The number of rotatable bonds is 2. The number of benzene rings is 2. The monoisotopic (exact) mass is 291 g/mol. The third-order valence-electron chi connectivity index (χ3n) is 3.87. The molecule has 1 unspecified atom stereocenters. The summed E-state index contributed by atoms with van der Waals surface area (Å²) >= 11 is 0. The molecule has 3 rings (SSSR count). The summed E-state index contributed by atoms with van der Waals surface area (Å²) in [5, 5.41) is 0. The van der Waals surface area contributed by atoms with Crippen LogP contribution < -0.4 is 0 Å². The van der Waals surface area contributed by atoms with Crippen molar-refractivity contribution in [3.05, 3.63) is 83.6 Å². The lowest BCUT2D eigenvalue weighted by molar-refractivity contribution is -0.116. The van der Waals surface area contributed by atoms with E-state index in [2.05, 4.69) is 0 Å². The van der Waals surface area contributed by atoms with Crippen molar-refractivity contribution in [3.8, 4) is 0 Å². The van der Waals surface area contributed by atoms with Crippen molar-refractivity contribution >= 4 is 11.7 Å². The van der Waals surface area contributed by atoms with Gasteiger partial charge in [-0.3, -0.25) is 9.59 Å². The summed E-state index contributed by atoms with van der Waals surface area (Å²) in [5.41, 5.74) is 2.76. The summed E-state index contributed by atoms with van der Waals surface area (Å²) in [4.78, 5) is 26.2. The second kappa shape index (κ2) is 5.98. The molecule has 3 nitrogen and oxygen atoms in total. The number of nitrogens with zero attached hydrogens (tertiary/aromatic N) is 1. The molecule has 0 aliphatic carbocycles. The standard InChI is InChI=1S/C19H17NO2/c1-14-7-9-15(10-8-14)18-13-17(21)11-12-20(18)19(22)16-5-3-2-4-6-16/h2-12,18H,13H2,1H3. The highest BCUT2D eigenvalue weighted by atomic mass is 16.2. The first kappa shape index (κ1) is 14.3. The maximum atomic E-state index is 12.7. The summed E-state index contributed by atoms with van der Waals surface area (Å²) < 4.78 is 0. The van der Waals surface area contributed by atoms with Gasteiger partial charge in [-0.1, -0.05) is 48.0 Å². The number of carbonyl (C=O) groups is 2. The van der Waals surface area contributed by atoms with Gasteiger partial charge in [0.15, 0.2) is 5.78 Å². The molecular formula is C19H17NO2. The lowest BCUT2D eigenvalue weighted by Crippen LogP contribution is -2.34. The minimum atomic E-state index is -0.245. The summed E-state index contributed by atoms with van der Waals surface area (Å²) in [5.74, 6) is -0.0439. The highest BCUT2D eigenvalue weighted by Gasteiger charge is 2.29. The van der Waals surface area contributed by atoms with E-state index in [9.17, 15) is 9.59 Å². The van der Waals surface area contributed by atoms with E-state index in [1.807, 2.05) is 49.4 Å². The second-order valence-corrected chi connectivity index (χ2v) is 5.49. The van der Waals surface area contributed by atoms with E-state index < -0.39 is 0 Å². The van der Waals surface area contributed by atoms with Gasteiger partial charge in [0.25, 0.3) is 5.91 Å². The van der Waals surface area contributed by atoms with Crippen LogP contribution in [0, 0.1) is 6.92 Å². The van der Waals surface area contributed by atoms with E-state index in [-0.39, 0.29) is 17.7 Å². The quantitative estimate of drug-likeness (QED) is 0.846. The Labute approximate surface area is 129 Å². The van der Waals surface area contributed by atoms with Crippen LogP contribution in [-0.4, -0.2) is 16.6 Å². The molecule has 0 spiro atoms. The fourth-order valence-electron chi connectivity index (χ4n) is 2.63. The first-order chi connectivity index (χ1) is 10.6. The molecule has 22 heavy (non-hydrogen) atoms. The Balaban J connectivity index is 1.96. The molecule has 110 valence electrons. The summed E-state index contributed by atoms with van der Waals surface area (Å²) in [6, 6.07) is 16.9. The minimum Gasteiger partial charge on any atom is -0.307 e. The van der Waals surface area contributed by atoms with Crippen LogP contribution in [0.2, 0.25) is 0 Å². The Morgan fingerprint density at radius 3 is 2.41 bits per heavy atom. The van der Waals surface area contributed by atoms with Crippen LogP contribution in [0.3, 0.4) is 0 Å². The zero-order chi connectivity index (χ0) is 15.5. The Morgan fingerprint density at radius 1 is 1.05 bits per heavy atom. The number of amides is 1. The third kappa shape index (κ3) is 2.84. The maximum Gasteiger partial charge on any atom is 0.258 e. The number of ketones is 1. The predicted molar refractivity (Wildman–Crippen MR) is 85.3 cm³/mol. The first-order valence-electron chi connectivity index (χ1n) is 7.30. The normalized spacial score (nSPS) is 17.6. The van der Waals surface area contributed by atoms with Crippen LogP contribution in [0.5, 0.6) is 0 Å². The van der Waals surface area contributed by atoms with Crippen molar-refractivity contribution < 1.29 is 9.59 Å². The molecule has 2 aromatic carbocycles. The van der Waals surface area contributed by atoms with Crippen molar-refractivity contribution in [2.24, 2.45) is 0 Å². The van der Waals surface area contributed by atoms with Gasteiger partial charge in [-0.2, -0.15) is 0 Å². The van der Waals surface area contributed by atoms with E-state index >= 15 is 0 Å². The molecule has 1 atom stereocenters. The van der Waals surface area contributed by atoms with Crippen molar-refractivity contribution in [1.82, 2.24) is 4.90 Å². The van der Waals surface area contributed by atoms with Crippen LogP contribution in [-0.2, 0) is 4.79 Å². The molecule has 1 aliphatic rings. The Bertz CT molecular complexity index is 717. The topological polar surface area (TPSA) is 37.4 Å². The van der Waals surface area contributed by atoms with Gasteiger partial charge in [-0.15, -0.1) is 0 Å². The highest BCUT2D eigenvalue weighted by molar-refractivity contribution is 5.98.